The number of hydrogen-bond donors (Lipinski definition) is 1. The van der Waals surface area contributed by atoms with Gasteiger partial charge < -0.3 is 15.1 Å². The van der Waals surface area contributed by atoms with E-state index in [1.165, 1.54) is 0 Å². The molecule has 2 heterocycles. The molecule has 10 heteroatoms. The van der Waals surface area contributed by atoms with E-state index < -0.39 is 32.6 Å². The van der Waals surface area contributed by atoms with Crippen molar-refractivity contribution >= 4 is 44.9 Å². The molecular formula is C36H51Cl2N3O4S. The van der Waals surface area contributed by atoms with Crippen molar-refractivity contribution in [1.29, 1.82) is 0 Å². The monoisotopic (exact) mass is 691 g/mol. The average molecular weight is 693 g/mol. The fourth-order valence-electron chi connectivity index (χ4n) is 7.13. The van der Waals surface area contributed by atoms with Crippen molar-refractivity contribution in [2.75, 3.05) is 18.8 Å². The van der Waals surface area contributed by atoms with Gasteiger partial charge >= 0.3 is 0 Å². The number of likely N-dealkylation sites (tertiary alicyclic amines) is 2. The molecule has 2 saturated heterocycles. The molecule has 0 spiro atoms. The highest BCUT2D eigenvalue weighted by molar-refractivity contribution is 7.92. The number of benzene rings is 2. The van der Waals surface area contributed by atoms with E-state index in [-0.39, 0.29) is 41.9 Å². The van der Waals surface area contributed by atoms with Gasteiger partial charge in [-0.3, -0.25) is 9.59 Å². The maximum Gasteiger partial charge on any atom is 0.229 e. The predicted molar refractivity (Wildman–Crippen MR) is 188 cm³/mol. The van der Waals surface area contributed by atoms with Gasteiger partial charge in [-0.25, -0.2) is 8.42 Å². The van der Waals surface area contributed by atoms with E-state index >= 15 is 0 Å². The molecule has 2 aliphatic heterocycles. The number of carbonyl (C=O) groups is 2. The SMILES string of the molecule is CC(C)[C@@H](CS(=O)(=O)C(C)C)N1C(=O)[C@@](C)(CC(=O)NC2CCN(C(C)C)CC2)C[C@H](c2cccc(Cl)c2)[C@H]1c1ccc(Cl)cc1. The summed E-state index contributed by atoms with van der Waals surface area (Å²) in [5, 5.41) is 3.79. The van der Waals surface area contributed by atoms with Crippen molar-refractivity contribution in [2.45, 2.75) is 109 Å². The minimum atomic E-state index is -3.53. The molecule has 2 aromatic carbocycles. The van der Waals surface area contributed by atoms with Crippen LogP contribution in [0.3, 0.4) is 0 Å². The number of hydrogen-bond acceptors (Lipinski definition) is 5. The van der Waals surface area contributed by atoms with Gasteiger partial charge in [0.15, 0.2) is 9.84 Å². The molecule has 0 saturated carbocycles. The van der Waals surface area contributed by atoms with Crippen molar-refractivity contribution in [2.24, 2.45) is 11.3 Å². The summed E-state index contributed by atoms with van der Waals surface area (Å²) in [5.74, 6) is -0.947. The number of rotatable bonds is 11. The molecule has 2 aliphatic rings. The molecule has 2 amide bonds. The Kier molecular flexibility index (Phi) is 11.9. The predicted octanol–water partition coefficient (Wildman–Crippen LogP) is 7.28. The highest BCUT2D eigenvalue weighted by Crippen LogP contribution is 2.52. The quantitative estimate of drug-likeness (QED) is 0.268. The number of piperidine rings is 2. The highest BCUT2D eigenvalue weighted by atomic mass is 35.5. The average Bonchev–Trinajstić information content (AvgIpc) is 2.98. The molecule has 254 valence electrons. The normalized spacial score (nSPS) is 24.2. The third-order valence-electron chi connectivity index (χ3n) is 10.0. The molecule has 4 rings (SSSR count). The van der Waals surface area contributed by atoms with E-state index in [1.807, 2.05) is 57.2 Å². The Morgan fingerprint density at radius 3 is 2.13 bits per heavy atom. The second-order valence-corrected chi connectivity index (χ2v) is 17.9. The molecule has 2 fully saturated rings. The molecule has 7 nitrogen and oxygen atoms in total. The van der Waals surface area contributed by atoms with Crippen LogP contribution in [0.4, 0.5) is 0 Å². The Bertz CT molecular complexity index is 1470. The largest absolute Gasteiger partial charge is 0.353 e. The topological polar surface area (TPSA) is 86.8 Å². The number of carbonyl (C=O) groups excluding carboxylic acids is 2. The minimum Gasteiger partial charge on any atom is -0.353 e. The van der Waals surface area contributed by atoms with Crippen LogP contribution in [-0.2, 0) is 19.4 Å². The standard InChI is InChI=1S/C36H51Cl2N3O4S/c1-23(2)32(22-46(44,45)25(5)6)41-34(26-11-13-28(37)14-12-26)31(27-9-8-10-29(38)19-27)20-36(7,35(41)43)21-33(42)39-30-15-17-40(18-16-30)24(3)4/h8-14,19,23-25,30-32,34H,15-18,20-22H2,1-7H3,(H,39,42)/t31-,32-,34-,36-/m1/s1. The highest BCUT2D eigenvalue weighted by Gasteiger charge is 2.53. The van der Waals surface area contributed by atoms with E-state index in [0.29, 0.717) is 22.5 Å². The zero-order valence-corrected chi connectivity index (χ0v) is 30.6. The molecule has 0 bridgehead atoms. The van der Waals surface area contributed by atoms with Crippen LogP contribution in [0.15, 0.2) is 48.5 Å². The Morgan fingerprint density at radius 1 is 0.957 bits per heavy atom. The summed E-state index contributed by atoms with van der Waals surface area (Å²) in [4.78, 5) is 32.9. The van der Waals surface area contributed by atoms with Crippen molar-refractivity contribution in [3.05, 3.63) is 69.7 Å². The smallest absolute Gasteiger partial charge is 0.229 e. The number of sulfone groups is 1. The van der Waals surface area contributed by atoms with Gasteiger partial charge in [0.05, 0.1) is 22.5 Å². The van der Waals surface area contributed by atoms with Crippen LogP contribution >= 0.6 is 23.2 Å². The molecule has 46 heavy (non-hydrogen) atoms. The van der Waals surface area contributed by atoms with Crippen LogP contribution in [0.25, 0.3) is 0 Å². The molecule has 0 aliphatic carbocycles. The summed E-state index contributed by atoms with van der Waals surface area (Å²) in [5.41, 5.74) is 0.721. The van der Waals surface area contributed by atoms with E-state index in [4.69, 9.17) is 23.2 Å². The van der Waals surface area contributed by atoms with Crippen molar-refractivity contribution < 1.29 is 18.0 Å². The maximum absolute atomic E-state index is 15.0. The van der Waals surface area contributed by atoms with Gasteiger partial charge in [-0.1, -0.05) is 68.2 Å². The minimum absolute atomic E-state index is 0.0128. The number of nitrogens with zero attached hydrogens (tertiary/aromatic N) is 2. The van der Waals surface area contributed by atoms with Crippen molar-refractivity contribution in [1.82, 2.24) is 15.1 Å². The molecule has 0 radical (unpaired) electrons. The molecule has 4 atom stereocenters. The van der Waals surface area contributed by atoms with Gasteiger partial charge in [0.1, 0.15) is 0 Å². The van der Waals surface area contributed by atoms with E-state index in [0.717, 1.165) is 37.1 Å². The Labute approximate surface area is 286 Å². The van der Waals surface area contributed by atoms with Gasteiger partial charge in [-0.05, 0) is 88.3 Å². The lowest BCUT2D eigenvalue weighted by Gasteiger charge is -2.53. The third-order valence-corrected chi connectivity index (χ3v) is 12.7. The molecule has 1 N–H and O–H groups in total. The second kappa shape index (κ2) is 15.0. The van der Waals surface area contributed by atoms with Gasteiger partial charge in [-0.2, -0.15) is 0 Å². The van der Waals surface area contributed by atoms with E-state index in [1.54, 1.807) is 30.9 Å². The first-order valence-corrected chi connectivity index (χ1v) is 19.1. The van der Waals surface area contributed by atoms with E-state index in [2.05, 4.69) is 24.1 Å². The lowest BCUT2D eigenvalue weighted by Crippen LogP contribution is -2.59. The molecule has 0 unspecified atom stereocenters. The number of nitrogens with one attached hydrogen (secondary N) is 1. The van der Waals surface area contributed by atoms with Crippen LogP contribution in [0, 0.1) is 11.3 Å². The summed E-state index contributed by atoms with van der Waals surface area (Å²) in [6.07, 6.45) is 2.15. The van der Waals surface area contributed by atoms with Crippen LogP contribution < -0.4 is 5.32 Å². The fraction of sp³-hybridized carbons (Fsp3) is 0.611. The Balaban J connectivity index is 1.78. The zero-order valence-electron chi connectivity index (χ0n) is 28.3. The Hall–Kier alpha value is -2.13. The second-order valence-electron chi connectivity index (χ2n) is 14.5. The summed E-state index contributed by atoms with van der Waals surface area (Å²) < 4.78 is 26.9. The summed E-state index contributed by atoms with van der Waals surface area (Å²) in [6.45, 7) is 15.4. The van der Waals surface area contributed by atoms with Crippen LogP contribution in [0.1, 0.15) is 97.2 Å². The lowest BCUT2D eigenvalue weighted by molar-refractivity contribution is -0.158. The van der Waals surface area contributed by atoms with Gasteiger partial charge in [0.2, 0.25) is 11.8 Å². The molecule has 2 aromatic rings. The molecular weight excluding hydrogens is 641 g/mol. The first-order valence-electron chi connectivity index (χ1n) is 16.6. The molecule has 0 aromatic heterocycles. The summed E-state index contributed by atoms with van der Waals surface area (Å²) in [6, 6.07) is 14.5. The third kappa shape index (κ3) is 8.47. The van der Waals surface area contributed by atoms with Crippen LogP contribution in [0.2, 0.25) is 10.0 Å². The first kappa shape index (κ1) is 36.7. The van der Waals surface area contributed by atoms with Crippen LogP contribution in [0.5, 0.6) is 0 Å². The van der Waals surface area contributed by atoms with E-state index in [9.17, 15) is 18.0 Å². The first-order chi connectivity index (χ1) is 21.5. The van der Waals surface area contributed by atoms with Crippen molar-refractivity contribution in [3.8, 4) is 0 Å². The maximum atomic E-state index is 15.0. The van der Waals surface area contributed by atoms with Crippen LogP contribution in [-0.4, -0.2) is 72.2 Å². The zero-order chi connectivity index (χ0) is 34.0. The van der Waals surface area contributed by atoms with Gasteiger partial charge in [0.25, 0.3) is 0 Å². The fourth-order valence-corrected chi connectivity index (χ4v) is 8.86. The number of amides is 2. The summed E-state index contributed by atoms with van der Waals surface area (Å²) >= 11 is 12.8. The Morgan fingerprint density at radius 2 is 1.59 bits per heavy atom. The number of halogens is 2. The van der Waals surface area contributed by atoms with Gasteiger partial charge in [0, 0.05) is 53.6 Å². The summed E-state index contributed by atoms with van der Waals surface area (Å²) in [7, 11) is -3.53. The van der Waals surface area contributed by atoms with Gasteiger partial charge in [-0.15, -0.1) is 0 Å². The van der Waals surface area contributed by atoms with Crippen molar-refractivity contribution in [3.63, 3.8) is 0 Å². The lowest BCUT2D eigenvalue weighted by atomic mass is 9.66.